The third-order valence-electron chi connectivity index (χ3n) is 6.40. The molecule has 1 aromatic carbocycles. The van der Waals surface area contributed by atoms with Gasteiger partial charge in [-0.1, -0.05) is 32.0 Å². The first-order valence-electron chi connectivity index (χ1n) is 10.1. The Morgan fingerprint density at radius 3 is 2.79 bits per heavy atom. The van der Waals surface area contributed by atoms with Gasteiger partial charge in [-0.25, -0.2) is 0 Å². The van der Waals surface area contributed by atoms with Crippen molar-refractivity contribution in [2.75, 3.05) is 11.5 Å². The minimum atomic E-state index is 0.0990. The summed E-state index contributed by atoms with van der Waals surface area (Å²) in [6.07, 6.45) is 11.5. The summed E-state index contributed by atoms with van der Waals surface area (Å²) in [5.74, 6) is 4.29. The highest BCUT2D eigenvalue weighted by Crippen LogP contribution is 2.42. The molecule has 1 aromatic rings. The number of rotatable bonds is 7. The minimum absolute atomic E-state index is 0.0990. The lowest BCUT2D eigenvalue weighted by Gasteiger charge is -2.26. The van der Waals surface area contributed by atoms with Gasteiger partial charge in [0.05, 0.1) is 0 Å². The molecule has 134 valence electrons. The van der Waals surface area contributed by atoms with E-state index in [1.165, 1.54) is 62.9 Å². The smallest absolute Gasteiger partial charge is 0.0157 e. The van der Waals surface area contributed by atoms with Crippen molar-refractivity contribution in [3.05, 3.63) is 34.9 Å². The number of nitrogens with two attached hydrogens (primary N) is 1. The molecule has 1 fully saturated rings. The maximum atomic E-state index is 6.51. The Bertz CT molecular complexity index is 541. The highest BCUT2D eigenvalue weighted by Gasteiger charge is 2.35. The Labute approximate surface area is 153 Å². The quantitative estimate of drug-likeness (QED) is 0.641. The Hall–Kier alpha value is -0.470. The van der Waals surface area contributed by atoms with E-state index in [4.69, 9.17) is 5.73 Å². The predicted molar refractivity (Wildman–Crippen MR) is 108 cm³/mol. The van der Waals surface area contributed by atoms with Crippen molar-refractivity contribution in [1.29, 1.82) is 0 Å². The molecule has 0 unspecified atom stereocenters. The van der Waals surface area contributed by atoms with Gasteiger partial charge in [0.25, 0.3) is 0 Å². The Kier molecular flexibility index (Phi) is 6.32. The molecule has 24 heavy (non-hydrogen) atoms. The summed E-state index contributed by atoms with van der Waals surface area (Å²) < 4.78 is 0. The first-order chi connectivity index (χ1) is 11.6. The summed E-state index contributed by atoms with van der Waals surface area (Å²) in [6, 6.07) is 7.39. The molecular formula is C22H35NS. The van der Waals surface area contributed by atoms with Crippen molar-refractivity contribution < 1.29 is 0 Å². The SMILES string of the molecule is CCCSCC[C@H]1CCc2cc([C@H]3CC[C@](N)(CC)C3)ccc2C1. The molecule has 0 saturated heterocycles. The zero-order valence-electron chi connectivity index (χ0n) is 15.7. The first-order valence-corrected chi connectivity index (χ1v) is 11.3. The number of aryl methyl sites for hydroxylation is 1. The van der Waals surface area contributed by atoms with Crippen LogP contribution in [-0.2, 0) is 12.8 Å². The highest BCUT2D eigenvalue weighted by atomic mass is 32.2. The molecule has 0 radical (unpaired) electrons. The average molecular weight is 346 g/mol. The van der Waals surface area contributed by atoms with Crippen LogP contribution in [0.4, 0.5) is 0 Å². The van der Waals surface area contributed by atoms with Crippen LogP contribution in [0.25, 0.3) is 0 Å². The average Bonchev–Trinajstić information content (AvgIpc) is 3.01. The summed E-state index contributed by atoms with van der Waals surface area (Å²) in [6.45, 7) is 4.52. The highest BCUT2D eigenvalue weighted by molar-refractivity contribution is 7.99. The summed E-state index contributed by atoms with van der Waals surface area (Å²) in [7, 11) is 0. The molecule has 2 aliphatic rings. The van der Waals surface area contributed by atoms with E-state index in [-0.39, 0.29) is 5.54 Å². The second kappa shape index (κ2) is 8.27. The number of thioether (sulfide) groups is 1. The monoisotopic (exact) mass is 345 g/mol. The lowest BCUT2D eigenvalue weighted by molar-refractivity contribution is 0.418. The molecule has 2 N–H and O–H groups in total. The van der Waals surface area contributed by atoms with Crippen LogP contribution in [0.15, 0.2) is 18.2 Å². The van der Waals surface area contributed by atoms with E-state index in [0.717, 1.165) is 12.3 Å². The molecule has 0 amide bonds. The van der Waals surface area contributed by atoms with Crippen LogP contribution in [0.3, 0.4) is 0 Å². The predicted octanol–water partition coefficient (Wildman–Crippen LogP) is 5.70. The summed E-state index contributed by atoms with van der Waals surface area (Å²) >= 11 is 2.14. The molecule has 0 aliphatic heterocycles. The zero-order chi connectivity index (χ0) is 17.0. The van der Waals surface area contributed by atoms with Crippen molar-refractivity contribution in [2.24, 2.45) is 11.7 Å². The third-order valence-corrected chi connectivity index (χ3v) is 7.62. The van der Waals surface area contributed by atoms with Crippen LogP contribution in [0.2, 0.25) is 0 Å². The molecule has 0 aromatic heterocycles. The molecule has 0 bridgehead atoms. The third kappa shape index (κ3) is 4.38. The van der Waals surface area contributed by atoms with E-state index in [1.54, 1.807) is 16.7 Å². The minimum Gasteiger partial charge on any atom is -0.325 e. The van der Waals surface area contributed by atoms with Gasteiger partial charge in [0.1, 0.15) is 0 Å². The number of hydrogen-bond acceptors (Lipinski definition) is 2. The van der Waals surface area contributed by atoms with Gasteiger partial charge in [0.2, 0.25) is 0 Å². The summed E-state index contributed by atoms with van der Waals surface area (Å²) in [5.41, 5.74) is 11.4. The van der Waals surface area contributed by atoms with Crippen molar-refractivity contribution in [3.8, 4) is 0 Å². The normalized spacial score (nSPS) is 29.6. The standard InChI is InChI=1S/C22H35NS/c1-3-12-24-13-10-17-5-6-19-15-20(8-7-18(19)14-17)21-9-11-22(23,4-2)16-21/h7-8,15,17,21H,3-6,9-14,16,23H2,1-2H3/t17-,21+,22-/m1/s1. The van der Waals surface area contributed by atoms with Crippen LogP contribution in [0.5, 0.6) is 0 Å². The number of hydrogen-bond donors (Lipinski definition) is 1. The molecule has 2 aliphatic carbocycles. The van der Waals surface area contributed by atoms with Gasteiger partial charge in [0, 0.05) is 5.54 Å². The molecule has 3 atom stereocenters. The van der Waals surface area contributed by atoms with E-state index >= 15 is 0 Å². The summed E-state index contributed by atoms with van der Waals surface area (Å²) in [5, 5.41) is 0. The first kappa shape index (κ1) is 18.3. The molecule has 2 heteroatoms. The molecular weight excluding hydrogens is 310 g/mol. The zero-order valence-corrected chi connectivity index (χ0v) is 16.5. The van der Waals surface area contributed by atoms with E-state index in [2.05, 4.69) is 43.8 Å². The molecule has 1 nitrogen and oxygen atoms in total. The number of benzene rings is 1. The van der Waals surface area contributed by atoms with Gasteiger partial charge in [-0.3, -0.25) is 0 Å². The van der Waals surface area contributed by atoms with Crippen LogP contribution in [-0.4, -0.2) is 17.0 Å². The lowest BCUT2D eigenvalue weighted by Crippen LogP contribution is -2.35. The van der Waals surface area contributed by atoms with Crippen molar-refractivity contribution in [1.82, 2.24) is 0 Å². The van der Waals surface area contributed by atoms with Gasteiger partial charge in [-0.05, 0) is 97.8 Å². The molecule has 0 heterocycles. The largest absolute Gasteiger partial charge is 0.325 e. The van der Waals surface area contributed by atoms with Crippen molar-refractivity contribution in [3.63, 3.8) is 0 Å². The van der Waals surface area contributed by atoms with Crippen LogP contribution < -0.4 is 5.73 Å². The van der Waals surface area contributed by atoms with Gasteiger partial charge in [0.15, 0.2) is 0 Å². The van der Waals surface area contributed by atoms with Gasteiger partial charge < -0.3 is 5.73 Å². The van der Waals surface area contributed by atoms with E-state index in [9.17, 15) is 0 Å². The number of fused-ring (bicyclic) bond motifs is 1. The fourth-order valence-electron chi connectivity index (χ4n) is 4.61. The Balaban J connectivity index is 1.58. The second-order valence-corrected chi connectivity index (χ2v) is 9.42. The van der Waals surface area contributed by atoms with Crippen molar-refractivity contribution >= 4 is 11.8 Å². The molecule has 1 saturated carbocycles. The fourth-order valence-corrected chi connectivity index (χ4v) is 5.60. The van der Waals surface area contributed by atoms with Gasteiger partial charge >= 0.3 is 0 Å². The molecule has 3 rings (SSSR count). The van der Waals surface area contributed by atoms with E-state index in [0.29, 0.717) is 5.92 Å². The van der Waals surface area contributed by atoms with Crippen LogP contribution >= 0.6 is 11.8 Å². The Morgan fingerprint density at radius 2 is 2.04 bits per heavy atom. The Morgan fingerprint density at radius 1 is 1.17 bits per heavy atom. The topological polar surface area (TPSA) is 26.0 Å². The summed E-state index contributed by atoms with van der Waals surface area (Å²) in [4.78, 5) is 0. The maximum absolute atomic E-state index is 6.51. The van der Waals surface area contributed by atoms with E-state index < -0.39 is 0 Å². The van der Waals surface area contributed by atoms with Crippen LogP contribution in [0, 0.1) is 5.92 Å². The van der Waals surface area contributed by atoms with Crippen LogP contribution in [0.1, 0.15) is 81.4 Å². The van der Waals surface area contributed by atoms with Crippen molar-refractivity contribution in [2.45, 2.75) is 83.1 Å². The van der Waals surface area contributed by atoms with Gasteiger partial charge in [-0.15, -0.1) is 0 Å². The lowest BCUT2D eigenvalue weighted by atomic mass is 9.80. The molecule has 0 spiro atoms. The maximum Gasteiger partial charge on any atom is 0.0157 e. The van der Waals surface area contributed by atoms with E-state index in [1.807, 2.05) is 0 Å². The second-order valence-electron chi connectivity index (χ2n) is 8.19. The van der Waals surface area contributed by atoms with Gasteiger partial charge in [-0.2, -0.15) is 11.8 Å². The fraction of sp³-hybridized carbons (Fsp3) is 0.727.